The highest BCUT2D eigenvalue weighted by Crippen LogP contribution is 2.20. The number of hydrogen-bond donors (Lipinski definition) is 1. The second-order valence-corrected chi connectivity index (χ2v) is 7.42. The van der Waals surface area contributed by atoms with Gasteiger partial charge in [-0.1, -0.05) is 25.1 Å². The molecule has 128 valence electrons. The molecule has 0 spiro atoms. The predicted octanol–water partition coefficient (Wildman–Crippen LogP) is 3.26. The van der Waals surface area contributed by atoms with E-state index in [1.165, 1.54) is 5.56 Å². The zero-order valence-electron chi connectivity index (χ0n) is 15.1. The number of benzene rings is 1. The fraction of sp³-hybridized carbons (Fsp3) is 0.400. The maximum atomic E-state index is 12.2. The van der Waals surface area contributed by atoms with Crippen LogP contribution in [0, 0.1) is 0 Å². The van der Waals surface area contributed by atoms with Crippen LogP contribution in [0.3, 0.4) is 0 Å². The third kappa shape index (κ3) is 4.82. The first-order valence-corrected chi connectivity index (χ1v) is 8.24. The SMILES string of the molecule is CC(Cc1ccc(=O)n(C)c1)c1ccc(C(=O)NC(C)(C)C)cc1. The van der Waals surface area contributed by atoms with E-state index >= 15 is 0 Å². The van der Waals surface area contributed by atoms with Gasteiger partial charge in [-0.05, 0) is 56.4 Å². The summed E-state index contributed by atoms with van der Waals surface area (Å²) in [6.07, 6.45) is 2.73. The smallest absolute Gasteiger partial charge is 0.251 e. The number of nitrogens with one attached hydrogen (secondary N) is 1. The molecule has 0 aliphatic rings. The highest BCUT2D eigenvalue weighted by molar-refractivity contribution is 5.94. The summed E-state index contributed by atoms with van der Waals surface area (Å²) >= 11 is 0. The van der Waals surface area contributed by atoms with Gasteiger partial charge < -0.3 is 9.88 Å². The number of carbonyl (C=O) groups excluding carboxylic acids is 1. The summed E-state index contributed by atoms with van der Waals surface area (Å²) < 4.78 is 1.60. The van der Waals surface area contributed by atoms with Crippen molar-refractivity contribution in [1.29, 1.82) is 0 Å². The van der Waals surface area contributed by atoms with Crippen LogP contribution in [0.2, 0.25) is 0 Å². The van der Waals surface area contributed by atoms with Gasteiger partial charge >= 0.3 is 0 Å². The van der Waals surface area contributed by atoms with E-state index < -0.39 is 0 Å². The van der Waals surface area contributed by atoms with Crippen LogP contribution in [-0.2, 0) is 13.5 Å². The van der Waals surface area contributed by atoms with Gasteiger partial charge in [0.2, 0.25) is 5.56 Å². The molecule has 1 aromatic heterocycles. The molecule has 1 amide bonds. The van der Waals surface area contributed by atoms with Crippen molar-refractivity contribution in [2.75, 3.05) is 0 Å². The lowest BCUT2D eigenvalue weighted by atomic mass is 9.93. The van der Waals surface area contributed by atoms with Gasteiger partial charge in [-0.15, -0.1) is 0 Å². The van der Waals surface area contributed by atoms with Crippen LogP contribution in [0.1, 0.15) is 55.1 Å². The lowest BCUT2D eigenvalue weighted by molar-refractivity contribution is 0.0919. The number of nitrogens with zero attached hydrogens (tertiary/aromatic N) is 1. The number of aryl methyl sites for hydroxylation is 1. The first-order valence-electron chi connectivity index (χ1n) is 8.24. The van der Waals surface area contributed by atoms with Gasteiger partial charge in [0, 0.05) is 30.4 Å². The Morgan fingerprint density at radius 3 is 2.29 bits per heavy atom. The minimum atomic E-state index is -0.244. The zero-order chi connectivity index (χ0) is 17.9. The summed E-state index contributed by atoms with van der Waals surface area (Å²) in [5, 5.41) is 2.96. The number of rotatable bonds is 4. The van der Waals surface area contributed by atoms with E-state index in [9.17, 15) is 9.59 Å². The van der Waals surface area contributed by atoms with Gasteiger partial charge in [0.1, 0.15) is 0 Å². The van der Waals surface area contributed by atoms with Crippen molar-refractivity contribution in [3.63, 3.8) is 0 Å². The second-order valence-electron chi connectivity index (χ2n) is 7.42. The lowest BCUT2D eigenvalue weighted by Gasteiger charge is -2.20. The fourth-order valence-electron chi connectivity index (χ4n) is 2.62. The average Bonchev–Trinajstić information content (AvgIpc) is 2.49. The van der Waals surface area contributed by atoms with Crippen LogP contribution in [0.4, 0.5) is 0 Å². The molecule has 1 N–H and O–H groups in total. The third-order valence-electron chi connectivity index (χ3n) is 3.92. The number of amides is 1. The molecule has 2 aromatic rings. The number of pyridine rings is 1. The Morgan fingerprint density at radius 2 is 1.75 bits per heavy atom. The van der Waals surface area contributed by atoms with E-state index in [1.807, 2.05) is 57.3 Å². The van der Waals surface area contributed by atoms with Crippen LogP contribution in [0.15, 0.2) is 47.4 Å². The van der Waals surface area contributed by atoms with Gasteiger partial charge in [-0.3, -0.25) is 9.59 Å². The van der Waals surface area contributed by atoms with Crippen molar-refractivity contribution in [3.05, 3.63) is 69.6 Å². The van der Waals surface area contributed by atoms with Gasteiger partial charge in [0.15, 0.2) is 0 Å². The Morgan fingerprint density at radius 1 is 1.12 bits per heavy atom. The molecule has 1 unspecified atom stereocenters. The molecule has 0 saturated heterocycles. The summed E-state index contributed by atoms with van der Waals surface area (Å²) in [5.74, 6) is 0.252. The monoisotopic (exact) mass is 326 g/mol. The fourth-order valence-corrected chi connectivity index (χ4v) is 2.62. The molecule has 0 radical (unpaired) electrons. The molecule has 1 aromatic carbocycles. The minimum Gasteiger partial charge on any atom is -0.347 e. The predicted molar refractivity (Wildman–Crippen MR) is 97.5 cm³/mol. The minimum absolute atomic E-state index is 0.000571. The van der Waals surface area contributed by atoms with E-state index in [1.54, 1.807) is 17.7 Å². The molecule has 0 saturated carbocycles. The van der Waals surface area contributed by atoms with Gasteiger partial charge in [-0.25, -0.2) is 0 Å². The molecular formula is C20H26N2O2. The molecule has 1 atom stereocenters. The Bertz CT molecular complexity index is 767. The highest BCUT2D eigenvalue weighted by Gasteiger charge is 2.15. The third-order valence-corrected chi connectivity index (χ3v) is 3.92. The molecule has 0 aliphatic heterocycles. The van der Waals surface area contributed by atoms with Crippen molar-refractivity contribution >= 4 is 5.91 Å². The molecule has 0 bridgehead atoms. The van der Waals surface area contributed by atoms with Gasteiger partial charge in [-0.2, -0.15) is 0 Å². The molecule has 2 rings (SSSR count). The zero-order valence-corrected chi connectivity index (χ0v) is 15.1. The van der Waals surface area contributed by atoms with Crippen LogP contribution in [0.25, 0.3) is 0 Å². The number of hydrogen-bond acceptors (Lipinski definition) is 2. The summed E-state index contributed by atoms with van der Waals surface area (Å²) in [4.78, 5) is 23.6. The molecule has 24 heavy (non-hydrogen) atoms. The standard InChI is InChI=1S/C20H26N2O2/c1-14(12-15-6-11-18(23)22(5)13-15)16-7-9-17(10-8-16)19(24)21-20(2,3)4/h6-11,13-14H,12H2,1-5H3,(H,21,24). The Kier molecular flexibility index (Phi) is 5.27. The van der Waals surface area contributed by atoms with Crippen molar-refractivity contribution in [2.45, 2.75) is 45.6 Å². The summed E-state index contributed by atoms with van der Waals surface area (Å²) in [6, 6.07) is 11.2. The van der Waals surface area contributed by atoms with Crippen LogP contribution in [-0.4, -0.2) is 16.0 Å². The Balaban J connectivity index is 2.08. The Labute approximate surface area is 143 Å². The van der Waals surface area contributed by atoms with E-state index in [2.05, 4.69) is 12.2 Å². The van der Waals surface area contributed by atoms with Crippen molar-refractivity contribution in [1.82, 2.24) is 9.88 Å². The second kappa shape index (κ2) is 7.04. The maximum Gasteiger partial charge on any atom is 0.251 e. The summed E-state index contributed by atoms with van der Waals surface area (Å²) in [5.41, 5.74) is 2.73. The van der Waals surface area contributed by atoms with Gasteiger partial charge in [0.05, 0.1) is 0 Å². The molecule has 4 nitrogen and oxygen atoms in total. The molecule has 0 aliphatic carbocycles. The van der Waals surface area contributed by atoms with Crippen molar-refractivity contribution in [2.24, 2.45) is 7.05 Å². The molecular weight excluding hydrogens is 300 g/mol. The molecule has 1 heterocycles. The van der Waals surface area contributed by atoms with E-state index in [-0.39, 0.29) is 17.0 Å². The van der Waals surface area contributed by atoms with Crippen LogP contribution >= 0.6 is 0 Å². The quantitative estimate of drug-likeness (QED) is 0.937. The van der Waals surface area contributed by atoms with Gasteiger partial charge in [0.25, 0.3) is 5.91 Å². The highest BCUT2D eigenvalue weighted by atomic mass is 16.1. The van der Waals surface area contributed by atoms with E-state index in [0.29, 0.717) is 11.5 Å². The molecule has 4 heteroatoms. The Hall–Kier alpha value is -2.36. The normalized spacial score (nSPS) is 12.7. The lowest BCUT2D eigenvalue weighted by Crippen LogP contribution is -2.40. The number of aromatic nitrogens is 1. The first-order chi connectivity index (χ1) is 11.2. The average molecular weight is 326 g/mol. The van der Waals surface area contributed by atoms with Crippen LogP contribution < -0.4 is 10.9 Å². The van der Waals surface area contributed by atoms with Crippen LogP contribution in [0.5, 0.6) is 0 Å². The molecule has 0 fully saturated rings. The van der Waals surface area contributed by atoms with E-state index in [4.69, 9.17) is 0 Å². The summed E-state index contributed by atoms with van der Waals surface area (Å²) in [6.45, 7) is 8.05. The van der Waals surface area contributed by atoms with Crippen molar-refractivity contribution in [3.8, 4) is 0 Å². The van der Waals surface area contributed by atoms with Crippen molar-refractivity contribution < 1.29 is 4.79 Å². The number of carbonyl (C=O) groups is 1. The largest absolute Gasteiger partial charge is 0.347 e. The summed E-state index contributed by atoms with van der Waals surface area (Å²) in [7, 11) is 1.76. The first kappa shape index (κ1) is 18.0. The van der Waals surface area contributed by atoms with E-state index in [0.717, 1.165) is 12.0 Å². The topological polar surface area (TPSA) is 51.1 Å². The maximum absolute atomic E-state index is 12.2.